The quantitative estimate of drug-likeness (QED) is 0.629. The highest BCUT2D eigenvalue weighted by Crippen LogP contribution is 2.28. The van der Waals surface area contributed by atoms with Gasteiger partial charge in [-0.3, -0.25) is 0 Å². The first-order valence-electron chi connectivity index (χ1n) is 5.20. The fourth-order valence-electron chi connectivity index (χ4n) is 2.04. The van der Waals surface area contributed by atoms with Gasteiger partial charge in [0, 0.05) is 6.42 Å². The van der Waals surface area contributed by atoms with Gasteiger partial charge < -0.3 is 15.3 Å². The molecule has 0 spiro atoms. The van der Waals surface area contributed by atoms with Crippen LogP contribution in [0, 0.1) is 5.92 Å². The third kappa shape index (κ3) is 3.27. The van der Waals surface area contributed by atoms with E-state index in [4.69, 9.17) is 10.2 Å². The lowest BCUT2D eigenvalue weighted by molar-refractivity contribution is -0.148. The van der Waals surface area contributed by atoms with Crippen LogP contribution in [0.25, 0.3) is 0 Å². The SMILES string of the molecule is O=C(O)C(O)CC(O)C1CCCCC1. The lowest BCUT2D eigenvalue weighted by Crippen LogP contribution is -2.31. The smallest absolute Gasteiger partial charge is 0.332 e. The second-order valence-electron chi connectivity index (χ2n) is 4.06. The Morgan fingerprint density at radius 3 is 2.29 bits per heavy atom. The minimum absolute atomic E-state index is 0.0417. The predicted molar refractivity (Wildman–Crippen MR) is 50.8 cm³/mol. The molecule has 1 fully saturated rings. The maximum absolute atomic E-state index is 10.4. The third-order valence-corrected chi connectivity index (χ3v) is 2.94. The molecule has 1 aliphatic rings. The van der Waals surface area contributed by atoms with Crippen LogP contribution in [0.5, 0.6) is 0 Å². The molecule has 2 atom stereocenters. The summed E-state index contributed by atoms with van der Waals surface area (Å²) in [7, 11) is 0. The maximum atomic E-state index is 10.4. The molecule has 0 aromatic rings. The maximum Gasteiger partial charge on any atom is 0.332 e. The van der Waals surface area contributed by atoms with Crippen LogP contribution in [-0.2, 0) is 4.79 Å². The summed E-state index contributed by atoms with van der Waals surface area (Å²) in [4.78, 5) is 10.4. The van der Waals surface area contributed by atoms with E-state index in [9.17, 15) is 9.90 Å². The lowest BCUT2D eigenvalue weighted by Gasteiger charge is -2.27. The number of carbonyl (C=O) groups is 1. The molecule has 1 aliphatic carbocycles. The van der Waals surface area contributed by atoms with Crippen LogP contribution in [0.3, 0.4) is 0 Å². The molecule has 0 bridgehead atoms. The average Bonchev–Trinajstić information content (AvgIpc) is 2.19. The number of aliphatic hydroxyl groups excluding tert-OH is 2. The van der Waals surface area contributed by atoms with E-state index in [1.54, 1.807) is 0 Å². The molecule has 0 radical (unpaired) electrons. The second kappa shape index (κ2) is 5.32. The number of aliphatic carboxylic acids is 1. The minimum Gasteiger partial charge on any atom is -0.479 e. The summed E-state index contributed by atoms with van der Waals surface area (Å²) < 4.78 is 0. The number of carboxylic acid groups (broad SMARTS) is 1. The summed E-state index contributed by atoms with van der Waals surface area (Å²) in [5, 5.41) is 27.2. The van der Waals surface area contributed by atoms with Gasteiger partial charge in [0.15, 0.2) is 6.10 Å². The fourth-order valence-corrected chi connectivity index (χ4v) is 2.04. The molecular formula is C10H18O4. The molecule has 0 saturated heterocycles. The Morgan fingerprint density at radius 2 is 1.79 bits per heavy atom. The van der Waals surface area contributed by atoms with Crippen LogP contribution in [0.15, 0.2) is 0 Å². The Kier molecular flexibility index (Phi) is 4.35. The van der Waals surface area contributed by atoms with Crippen molar-refractivity contribution in [2.75, 3.05) is 0 Å². The Hall–Kier alpha value is -0.610. The molecule has 0 aromatic heterocycles. The fraction of sp³-hybridized carbons (Fsp3) is 0.900. The van der Waals surface area contributed by atoms with Gasteiger partial charge in [-0.1, -0.05) is 19.3 Å². The summed E-state index contributed by atoms with van der Waals surface area (Å²) in [6.07, 6.45) is 3.18. The number of rotatable bonds is 4. The molecule has 1 saturated carbocycles. The molecule has 0 aliphatic heterocycles. The topological polar surface area (TPSA) is 77.8 Å². The van der Waals surface area contributed by atoms with Crippen molar-refractivity contribution in [3.8, 4) is 0 Å². The lowest BCUT2D eigenvalue weighted by atomic mass is 9.83. The summed E-state index contributed by atoms with van der Waals surface area (Å²) in [5.74, 6) is -1.07. The molecule has 0 aromatic carbocycles. The summed E-state index contributed by atoms with van der Waals surface area (Å²) in [5.41, 5.74) is 0. The van der Waals surface area contributed by atoms with Crippen molar-refractivity contribution in [2.45, 2.75) is 50.7 Å². The molecule has 4 heteroatoms. The molecular weight excluding hydrogens is 184 g/mol. The van der Waals surface area contributed by atoms with Gasteiger partial charge in [-0.05, 0) is 18.8 Å². The van der Waals surface area contributed by atoms with E-state index >= 15 is 0 Å². The molecule has 82 valence electrons. The molecule has 14 heavy (non-hydrogen) atoms. The monoisotopic (exact) mass is 202 g/mol. The van der Waals surface area contributed by atoms with Gasteiger partial charge in [-0.25, -0.2) is 4.79 Å². The highest BCUT2D eigenvalue weighted by Gasteiger charge is 2.26. The van der Waals surface area contributed by atoms with Crippen molar-refractivity contribution in [3.05, 3.63) is 0 Å². The Bertz CT molecular complexity index is 187. The van der Waals surface area contributed by atoms with Crippen LogP contribution >= 0.6 is 0 Å². The minimum atomic E-state index is -1.42. The number of hydrogen-bond donors (Lipinski definition) is 3. The van der Waals surface area contributed by atoms with Gasteiger partial charge in [-0.15, -0.1) is 0 Å². The van der Waals surface area contributed by atoms with Gasteiger partial charge in [0.25, 0.3) is 0 Å². The van der Waals surface area contributed by atoms with E-state index < -0.39 is 18.2 Å². The summed E-state index contributed by atoms with van der Waals surface area (Å²) in [6, 6.07) is 0. The van der Waals surface area contributed by atoms with Crippen LogP contribution in [0.4, 0.5) is 0 Å². The van der Waals surface area contributed by atoms with Crippen molar-refractivity contribution in [3.63, 3.8) is 0 Å². The van der Waals surface area contributed by atoms with Gasteiger partial charge in [0.1, 0.15) is 0 Å². The second-order valence-corrected chi connectivity index (χ2v) is 4.06. The molecule has 4 nitrogen and oxygen atoms in total. The number of hydrogen-bond acceptors (Lipinski definition) is 3. The Morgan fingerprint density at radius 1 is 1.21 bits per heavy atom. The van der Waals surface area contributed by atoms with Gasteiger partial charge in [-0.2, -0.15) is 0 Å². The predicted octanol–water partition coefficient (Wildman–Crippen LogP) is 0.763. The first-order chi connectivity index (χ1) is 6.61. The van der Waals surface area contributed by atoms with Gasteiger partial charge in [0.05, 0.1) is 6.10 Å². The molecule has 0 heterocycles. The molecule has 1 rings (SSSR count). The largest absolute Gasteiger partial charge is 0.479 e. The highest BCUT2D eigenvalue weighted by molar-refractivity contribution is 5.71. The van der Waals surface area contributed by atoms with Crippen molar-refractivity contribution < 1.29 is 20.1 Å². The van der Waals surface area contributed by atoms with Crippen molar-refractivity contribution >= 4 is 5.97 Å². The first-order valence-corrected chi connectivity index (χ1v) is 5.20. The standard InChI is InChI=1S/C10H18O4/c11-8(6-9(12)10(13)14)7-4-2-1-3-5-7/h7-9,11-12H,1-6H2,(H,13,14). The molecule has 0 amide bonds. The third-order valence-electron chi connectivity index (χ3n) is 2.94. The summed E-state index contributed by atoms with van der Waals surface area (Å²) in [6.45, 7) is 0. The average molecular weight is 202 g/mol. The number of carboxylic acids is 1. The zero-order valence-electron chi connectivity index (χ0n) is 8.22. The van der Waals surface area contributed by atoms with E-state index in [0.717, 1.165) is 25.7 Å². The molecule has 3 N–H and O–H groups in total. The summed E-state index contributed by atoms with van der Waals surface area (Å²) >= 11 is 0. The van der Waals surface area contributed by atoms with Crippen LogP contribution in [0.1, 0.15) is 38.5 Å². The van der Waals surface area contributed by atoms with Gasteiger partial charge in [0.2, 0.25) is 0 Å². The van der Waals surface area contributed by atoms with Crippen molar-refractivity contribution in [2.24, 2.45) is 5.92 Å². The van der Waals surface area contributed by atoms with E-state index in [1.807, 2.05) is 0 Å². The molecule has 2 unspecified atom stereocenters. The zero-order valence-corrected chi connectivity index (χ0v) is 8.22. The normalized spacial score (nSPS) is 23.0. The van der Waals surface area contributed by atoms with E-state index in [2.05, 4.69) is 0 Å². The highest BCUT2D eigenvalue weighted by atomic mass is 16.4. The van der Waals surface area contributed by atoms with Crippen molar-refractivity contribution in [1.82, 2.24) is 0 Å². The van der Waals surface area contributed by atoms with Crippen LogP contribution in [-0.4, -0.2) is 33.5 Å². The Balaban J connectivity index is 2.32. The van der Waals surface area contributed by atoms with E-state index in [0.29, 0.717) is 0 Å². The first kappa shape index (κ1) is 11.5. The van der Waals surface area contributed by atoms with Crippen LogP contribution < -0.4 is 0 Å². The zero-order chi connectivity index (χ0) is 10.6. The van der Waals surface area contributed by atoms with Crippen LogP contribution in [0.2, 0.25) is 0 Å². The number of aliphatic hydroxyl groups is 2. The van der Waals surface area contributed by atoms with E-state index in [1.165, 1.54) is 6.42 Å². The Labute approximate surface area is 83.6 Å². The van der Waals surface area contributed by atoms with Gasteiger partial charge >= 0.3 is 5.97 Å². The van der Waals surface area contributed by atoms with Crippen molar-refractivity contribution in [1.29, 1.82) is 0 Å². The van der Waals surface area contributed by atoms with E-state index in [-0.39, 0.29) is 12.3 Å².